The summed E-state index contributed by atoms with van der Waals surface area (Å²) in [4.78, 5) is 10.7. The first-order valence-corrected chi connectivity index (χ1v) is 10.6. The van der Waals surface area contributed by atoms with Gasteiger partial charge in [0.15, 0.2) is 0 Å². The highest BCUT2D eigenvalue weighted by molar-refractivity contribution is 5.74. The van der Waals surface area contributed by atoms with Crippen molar-refractivity contribution in [3.05, 3.63) is 71.2 Å². The molecule has 8 heteroatoms. The summed E-state index contributed by atoms with van der Waals surface area (Å²) in [6.07, 6.45) is 4.78. The maximum atomic E-state index is 14.7. The quantitative estimate of drug-likeness (QED) is 0.526. The van der Waals surface area contributed by atoms with Crippen LogP contribution in [0, 0.1) is 31.0 Å². The number of nitrogens with one attached hydrogen (secondary N) is 1. The molecular formula is C25H24FN5O2. The Morgan fingerprint density at radius 2 is 1.94 bits per heavy atom. The number of hydrogen-bond donors (Lipinski definition) is 1. The van der Waals surface area contributed by atoms with Gasteiger partial charge in [-0.3, -0.25) is 0 Å². The van der Waals surface area contributed by atoms with E-state index < -0.39 is 0 Å². The monoisotopic (exact) mass is 445 g/mol. The van der Waals surface area contributed by atoms with Crippen LogP contribution in [0.1, 0.15) is 16.7 Å². The summed E-state index contributed by atoms with van der Waals surface area (Å²) in [5, 5.41) is 11.9. The van der Waals surface area contributed by atoms with Gasteiger partial charge in [0.05, 0.1) is 30.7 Å². The molecule has 0 bridgehead atoms. The lowest BCUT2D eigenvalue weighted by Gasteiger charge is -2.30. The maximum absolute atomic E-state index is 14.7. The molecule has 1 aromatic heterocycles. The number of anilines is 3. The number of benzene rings is 2. The lowest BCUT2D eigenvalue weighted by Crippen LogP contribution is -2.37. The molecule has 1 fully saturated rings. The summed E-state index contributed by atoms with van der Waals surface area (Å²) in [5.41, 5.74) is 3.81. The average Bonchev–Trinajstić information content (AvgIpc) is 2.81. The first kappa shape index (κ1) is 22.2. The molecule has 1 aliphatic heterocycles. The molecule has 0 unspecified atom stereocenters. The maximum Gasteiger partial charge on any atom is 0.230 e. The molecule has 2 aromatic carbocycles. The number of halogens is 1. The fraction of sp³-hybridized carbons (Fsp3) is 0.240. The van der Waals surface area contributed by atoms with E-state index in [9.17, 15) is 4.39 Å². The molecule has 1 N–H and O–H groups in total. The zero-order chi connectivity index (χ0) is 23.2. The Labute approximate surface area is 192 Å². The number of aryl methyl sites for hydroxylation is 2. The molecule has 0 atom stereocenters. The van der Waals surface area contributed by atoms with Crippen molar-refractivity contribution in [2.24, 2.45) is 0 Å². The molecule has 33 heavy (non-hydrogen) atoms. The van der Waals surface area contributed by atoms with Crippen molar-refractivity contribution in [2.75, 3.05) is 36.5 Å². The van der Waals surface area contributed by atoms with Gasteiger partial charge in [0.1, 0.15) is 11.6 Å². The van der Waals surface area contributed by atoms with Crippen LogP contribution in [0.2, 0.25) is 0 Å². The molecule has 4 rings (SSSR count). The van der Waals surface area contributed by atoms with Gasteiger partial charge in [-0.2, -0.15) is 10.2 Å². The largest absolute Gasteiger partial charge is 0.438 e. The molecule has 3 aromatic rings. The predicted molar refractivity (Wildman–Crippen MR) is 125 cm³/mol. The summed E-state index contributed by atoms with van der Waals surface area (Å²) < 4.78 is 26.2. The summed E-state index contributed by atoms with van der Waals surface area (Å²) in [6.45, 7) is 6.20. The highest BCUT2D eigenvalue weighted by atomic mass is 19.1. The zero-order valence-electron chi connectivity index (χ0n) is 18.5. The SMILES string of the molecule is Cc1cc(/C=C/C#N)cc(C)c1Oc1ccnc(Nc2cccc(F)c2N2CCOCC2)n1. The van der Waals surface area contributed by atoms with E-state index in [2.05, 4.69) is 15.3 Å². The molecule has 7 nitrogen and oxygen atoms in total. The number of ether oxygens (including phenoxy) is 2. The molecule has 1 saturated heterocycles. The topological polar surface area (TPSA) is 83.3 Å². The Balaban J connectivity index is 1.57. The molecule has 0 amide bonds. The van der Waals surface area contributed by atoms with Gasteiger partial charge in [-0.1, -0.05) is 6.07 Å². The van der Waals surface area contributed by atoms with Crippen molar-refractivity contribution in [1.29, 1.82) is 5.26 Å². The second-order valence-corrected chi connectivity index (χ2v) is 7.63. The van der Waals surface area contributed by atoms with Crippen LogP contribution in [-0.4, -0.2) is 36.3 Å². The van der Waals surface area contributed by atoms with E-state index in [1.54, 1.807) is 30.5 Å². The molecule has 0 aliphatic carbocycles. The molecule has 2 heterocycles. The van der Waals surface area contributed by atoms with Gasteiger partial charge in [0.25, 0.3) is 0 Å². The summed E-state index contributed by atoms with van der Waals surface area (Å²) in [7, 11) is 0. The van der Waals surface area contributed by atoms with Crippen LogP contribution in [0.3, 0.4) is 0 Å². The molecule has 0 saturated carbocycles. The van der Waals surface area contributed by atoms with Crippen molar-refractivity contribution in [3.8, 4) is 17.7 Å². The molecule has 0 spiro atoms. The van der Waals surface area contributed by atoms with Gasteiger partial charge in [-0.15, -0.1) is 0 Å². The van der Waals surface area contributed by atoms with Crippen molar-refractivity contribution < 1.29 is 13.9 Å². The second kappa shape index (κ2) is 10.1. The summed E-state index contributed by atoms with van der Waals surface area (Å²) in [5.74, 6) is 1.04. The van der Waals surface area contributed by atoms with E-state index >= 15 is 0 Å². The van der Waals surface area contributed by atoms with Crippen molar-refractivity contribution in [3.63, 3.8) is 0 Å². The van der Waals surface area contributed by atoms with E-state index in [0.29, 0.717) is 55.3 Å². The Morgan fingerprint density at radius 1 is 1.18 bits per heavy atom. The smallest absolute Gasteiger partial charge is 0.230 e. The number of para-hydroxylation sites is 1. The van der Waals surface area contributed by atoms with Crippen LogP contribution in [0.4, 0.5) is 21.7 Å². The Bertz CT molecular complexity index is 1190. The van der Waals surface area contributed by atoms with E-state index in [1.165, 1.54) is 12.1 Å². The fourth-order valence-corrected chi connectivity index (χ4v) is 3.78. The van der Waals surface area contributed by atoms with Gasteiger partial charge in [-0.05, 0) is 60.9 Å². The Morgan fingerprint density at radius 3 is 2.67 bits per heavy atom. The van der Waals surface area contributed by atoms with Gasteiger partial charge in [-0.25, -0.2) is 9.37 Å². The third-order valence-electron chi connectivity index (χ3n) is 5.23. The standard InChI is InChI=1S/C25H24FN5O2/c1-17-15-19(5-4-9-27)16-18(2)24(17)33-22-8-10-28-25(30-22)29-21-7-3-6-20(26)23(21)31-11-13-32-14-12-31/h3-8,10,15-16H,11-14H2,1-2H3,(H,28,29,30)/b5-4+. The predicted octanol–water partition coefficient (Wildman–Crippen LogP) is 5.14. The van der Waals surface area contributed by atoms with Crippen LogP contribution in [0.25, 0.3) is 6.08 Å². The van der Waals surface area contributed by atoms with Crippen LogP contribution in [0.5, 0.6) is 11.6 Å². The zero-order valence-corrected chi connectivity index (χ0v) is 18.5. The lowest BCUT2D eigenvalue weighted by atomic mass is 10.1. The lowest BCUT2D eigenvalue weighted by molar-refractivity contribution is 0.122. The summed E-state index contributed by atoms with van der Waals surface area (Å²) >= 11 is 0. The van der Waals surface area contributed by atoms with E-state index in [-0.39, 0.29) is 5.82 Å². The molecular weight excluding hydrogens is 421 g/mol. The van der Waals surface area contributed by atoms with Crippen molar-refractivity contribution in [2.45, 2.75) is 13.8 Å². The van der Waals surface area contributed by atoms with Gasteiger partial charge >= 0.3 is 0 Å². The Kier molecular flexibility index (Phi) is 6.81. The fourth-order valence-electron chi connectivity index (χ4n) is 3.78. The Hall–Kier alpha value is -3.96. The minimum absolute atomic E-state index is 0.302. The highest BCUT2D eigenvalue weighted by Crippen LogP contribution is 2.33. The molecule has 168 valence electrons. The molecule has 1 aliphatic rings. The first-order chi connectivity index (χ1) is 16.0. The van der Waals surface area contributed by atoms with Crippen molar-refractivity contribution in [1.82, 2.24) is 9.97 Å². The number of allylic oxidation sites excluding steroid dienone is 1. The molecule has 0 radical (unpaired) electrons. The number of morpholine rings is 1. The number of aromatic nitrogens is 2. The van der Waals surface area contributed by atoms with Gasteiger partial charge in [0, 0.05) is 31.4 Å². The van der Waals surface area contributed by atoms with Crippen molar-refractivity contribution >= 4 is 23.4 Å². The third-order valence-corrected chi connectivity index (χ3v) is 5.23. The van der Waals surface area contributed by atoms with Gasteiger partial charge < -0.3 is 19.7 Å². The van der Waals surface area contributed by atoms with E-state index in [0.717, 1.165) is 16.7 Å². The number of nitriles is 1. The summed E-state index contributed by atoms with van der Waals surface area (Å²) in [6, 6.07) is 12.4. The minimum Gasteiger partial charge on any atom is -0.438 e. The normalized spacial score (nSPS) is 13.7. The minimum atomic E-state index is -0.314. The average molecular weight is 445 g/mol. The number of hydrogen-bond acceptors (Lipinski definition) is 7. The van der Waals surface area contributed by atoms with Crippen LogP contribution < -0.4 is 15.0 Å². The highest BCUT2D eigenvalue weighted by Gasteiger charge is 2.19. The second-order valence-electron chi connectivity index (χ2n) is 7.63. The van der Waals surface area contributed by atoms with Crippen LogP contribution >= 0.6 is 0 Å². The number of nitrogens with zero attached hydrogens (tertiary/aromatic N) is 4. The van der Waals surface area contributed by atoms with Crippen LogP contribution in [-0.2, 0) is 4.74 Å². The van der Waals surface area contributed by atoms with Crippen LogP contribution in [0.15, 0.2) is 48.7 Å². The number of rotatable bonds is 6. The van der Waals surface area contributed by atoms with Gasteiger partial charge in [0.2, 0.25) is 11.8 Å². The van der Waals surface area contributed by atoms with E-state index in [4.69, 9.17) is 14.7 Å². The first-order valence-electron chi connectivity index (χ1n) is 10.6. The van der Waals surface area contributed by atoms with E-state index in [1.807, 2.05) is 36.9 Å². The third kappa shape index (κ3) is 5.27.